The van der Waals surface area contributed by atoms with Gasteiger partial charge in [-0.2, -0.15) is 9.97 Å². The van der Waals surface area contributed by atoms with Gasteiger partial charge in [0.15, 0.2) is 17.0 Å². The van der Waals surface area contributed by atoms with Crippen LogP contribution < -0.4 is 17.2 Å². The Bertz CT molecular complexity index is 460. The molecule has 0 atom stereocenters. The standard InChI is InChI=1S/C6H7N7/c7-2-1-10-3-4(8)12-6(9)13-5(3)11-2/h1H,(H6,7,8,9,11,12,13). The van der Waals surface area contributed by atoms with E-state index in [0.29, 0.717) is 11.2 Å². The van der Waals surface area contributed by atoms with Gasteiger partial charge in [0.25, 0.3) is 0 Å². The molecule has 0 unspecified atom stereocenters. The zero-order valence-corrected chi connectivity index (χ0v) is 6.60. The van der Waals surface area contributed by atoms with Crippen LogP contribution in [0.15, 0.2) is 6.20 Å². The molecule has 2 aromatic rings. The van der Waals surface area contributed by atoms with Crippen molar-refractivity contribution in [3.05, 3.63) is 6.20 Å². The summed E-state index contributed by atoms with van der Waals surface area (Å²) in [5.74, 6) is 0.532. The van der Waals surface area contributed by atoms with Crippen LogP contribution in [0, 0.1) is 0 Å². The lowest BCUT2D eigenvalue weighted by Crippen LogP contribution is -2.04. The molecule has 0 aliphatic carbocycles. The maximum atomic E-state index is 5.53. The van der Waals surface area contributed by atoms with Gasteiger partial charge in [-0.25, -0.2) is 9.97 Å². The van der Waals surface area contributed by atoms with Crippen molar-refractivity contribution in [3.63, 3.8) is 0 Å². The average Bonchev–Trinajstić information content (AvgIpc) is 2.02. The maximum Gasteiger partial charge on any atom is 0.224 e. The van der Waals surface area contributed by atoms with Crippen LogP contribution in [0.5, 0.6) is 0 Å². The van der Waals surface area contributed by atoms with E-state index in [-0.39, 0.29) is 17.6 Å². The molecule has 13 heavy (non-hydrogen) atoms. The summed E-state index contributed by atoms with van der Waals surface area (Å²) in [6.45, 7) is 0. The molecular formula is C6H7N7. The molecule has 0 saturated carbocycles. The quantitative estimate of drug-likeness (QED) is 0.478. The molecule has 2 heterocycles. The molecule has 0 aliphatic rings. The highest BCUT2D eigenvalue weighted by molar-refractivity contribution is 5.82. The number of hydrogen-bond acceptors (Lipinski definition) is 7. The summed E-state index contributed by atoms with van der Waals surface area (Å²) >= 11 is 0. The maximum absolute atomic E-state index is 5.53. The first-order valence-corrected chi connectivity index (χ1v) is 3.48. The van der Waals surface area contributed by atoms with E-state index in [1.165, 1.54) is 6.20 Å². The van der Waals surface area contributed by atoms with Crippen molar-refractivity contribution in [2.75, 3.05) is 17.2 Å². The minimum Gasteiger partial charge on any atom is -0.382 e. The molecule has 2 rings (SSSR count). The number of nitrogens with zero attached hydrogens (tertiary/aromatic N) is 4. The molecule has 0 amide bonds. The monoisotopic (exact) mass is 177 g/mol. The van der Waals surface area contributed by atoms with Crippen LogP contribution in [0.25, 0.3) is 11.2 Å². The highest BCUT2D eigenvalue weighted by atomic mass is 15.1. The molecule has 0 fully saturated rings. The summed E-state index contributed by atoms with van der Waals surface area (Å²) in [6, 6.07) is 0. The minimum absolute atomic E-state index is 0.0601. The molecule has 7 nitrogen and oxygen atoms in total. The Kier molecular flexibility index (Phi) is 1.38. The van der Waals surface area contributed by atoms with Crippen LogP contribution in [0.3, 0.4) is 0 Å². The molecule has 0 radical (unpaired) electrons. The van der Waals surface area contributed by atoms with E-state index in [1.54, 1.807) is 0 Å². The van der Waals surface area contributed by atoms with E-state index < -0.39 is 0 Å². The number of rotatable bonds is 0. The Labute approximate surface area is 73.0 Å². The molecule has 0 saturated heterocycles. The molecule has 6 N–H and O–H groups in total. The van der Waals surface area contributed by atoms with E-state index in [1.807, 2.05) is 0 Å². The van der Waals surface area contributed by atoms with Crippen LogP contribution in [0.2, 0.25) is 0 Å². The summed E-state index contributed by atoms with van der Waals surface area (Å²) in [6.07, 6.45) is 1.39. The van der Waals surface area contributed by atoms with Gasteiger partial charge in [-0.3, -0.25) is 0 Å². The molecule has 0 spiro atoms. The third kappa shape index (κ3) is 1.15. The smallest absolute Gasteiger partial charge is 0.224 e. The summed E-state index contributed by atoms with van der Waals surface area (Å²) in [5.41, 5.74) is 17.0. The Morgan fingerprint density at radius 3 is 2.54 bits per heavy atom. The van der Waals surface area contributed by atoms with Crippen molar-refractivity contribution in [1.82, 2.24) is 19.9 Å². The molecule has 2 aromatic heterocycles. The highest BCUT2D eigenvalue weighted by Crippen LogP contribution is 2.14. The van der Waals surface area contributed by atoms with Crippen LogP contribution in [0.1, 0.15) is 0 Å². The van der Waals surface area contributed by atoms with E-state index in [2.05, 4.69) is 19.9 Å². The largest absolute Gasteiger partial charge is 0.382 e. The topological polar surface area (TPSA) is 130 Å². The SMILES string of the molecule is Nc1cnc2c(N)nc(N)nc2n1. The first kappa shape index (κ1) is 7.47. The predicted molar refractivity (Wildman–Crippen MR) is 48.4 cm³/mol. The predicted octanol–water partition coefficient (Wildman–Crippen LogP) is -0.834. The Balaban J connectivity index is 2.86. The molecule has 66 valence electrons. The third-order valence-corrected chi connectivity index (χ3v) is 1.47. The van der Waals surface area contributed by atoms with Crippen LogP contribution in [0.4, 0.5) is 17.6 Å². The second-order valence-corrected chi connectivity index (χ2v) is 2.43. The fourth-order valence-corrected chi connectivity index (χ4v) is 0.961. The fourth-order valence-electron chi connectivity index (χ4n) is 0.961. The van der Waals surface area contributed by atoms with Gasteiger partial charge in [-0.1, -0.05) is 0 Å². The highest BCUT2D eigenvalue weighted by Gasteiger charge is 2.05. The Hall–Kier alpha value is -2.18. The molecule has 0 aromatic carbocycles. The average molecular weight is 177 g/mol. The number of fused-ring (bicyclic) bond motifs is 1. The van der Waals surface area contributed by atoms with E-state index in [0.717, 1.165) is 0 Å². The second-order valence-electron chi connectivity index (χ2n) is 2.43. The van der Waals surface area contributed by atoms with Crippen molar-refractivity contribution in [2.45, 2.75) is 0 Å². The van der Waals surface area contributed by atoms with Crippen molar-refractivity contribution in [2.24, 2.45) is 0 Å². The van der Waals surface area contributed by atoms with Gasteiger partial charge in [-0.15, -0.1) is 0 Å². The third-order valence-electron chi connectivity index (χ3n) is 1.47. The van der Waals surface area contributed by atoms with Gasteiger partial charge in [0.05, 0.1) is 6.20 Å². The van der Waals surface area contributed by atoms with Crippen molar-refractivity contribution in [1.29, 1.82) is 0 Å². The lowest BCUT2D eigenvalue weighted by atomic mass is 10.4. The van der Waals surface area contributed by atoms with E-state index in [9.17, 15) is 0 Å². The first-order chi connectivity index (χ1) is 6.16. The summed E-state index contributed by atoms with van der Waals surface area (Å²) in [4.78, 5) is 15.4. The summed E-state index contributed by atoms with van der Waals surface area (Å²) < 4.78 is 0. The normalized spacial score (nSPS) is 10.5. The van der Waals surface area contributed by atoms with Gasteiger partial charge in [0, 0.05) is 0 Å². The number of anilines is 3. The van der Waals surface area contributed by atoms with Gasteiger partial charge < -0.3 is 17.2 Å². The Morgan fingerprint density at radius 1 is 1.00 bits per heavy atom. The first-order valence-electron chi connectivity index (χ1n) is 3.48. The van der Waals surface area contributed by atoms with Gasteiger partial charge in [-0.05, 0) is 0 Å². The summed E-state index contributed by atoms with van der Waals surface area (Å²) in [7, 11) is 0. The van der Waals surface area contributed by atoms with Crippen LogP contribution in [-0.2, 0) is 0 Å². The van der Waals surface area contributed by atoms with Crippen molar-refractivity contribution in [3.8, 4) is 0 Å². The second kappa shape index (κ2) is 2.41. The number of hydrogen-bond donors (Lipinski definition) is 3. The lowest BCUT2D eigenvalue weighted by molar-refractivity contribution is 1.17. The van der Waals surface area contributed by atoms with Crippen LogP contribution in [-0.4, -0.2) is 19.9 Å². The van der Waals surface area contributed by atoms with Crippen molar-refractivity contribution >= 4 is 28.7 Å². The lowest BCUT2D eigenvalue weighted by Gasteiger charge is -2.00. The van der Waals surface area contributed by atoms with Gasteiger partial charge in [0.2, 0.25) is 5.95 Å². The van der Waals surface area contributed by atoms with Gasteiger partial charge >= 0.3 is 0 Å². The van der Waals surface area contributed by atoms with Crippen molar-refractivity contribution < 1.29 is 0 Å². The zero-order chi connectivity index (χ0) is 9.42. The zero-order valence-electron chi connectivity index (χ0n) is 6.60. The number of nitrogens with two attached hydrogens (primary N) is 3. The Morgan fingerprint density at radius 2 is 1.77 bits per heavy atom. The molecule has 0 bridgehead atoms. The number of nitrogen functional groups attached to an aromatic ring is 3. The minimum atomic E-state index is 0.0601. The van der Waals surface area contributed by atoms with E-state index >= 15 is 0 Å². The van der Waals surface area contributed by atoms with E-state index in [4.69, 9.17) is 17.2 Å². The fraction of sp³-hybridized carbons (Fsp3) is 0. The molecular weight excluding hydrogens is 170 g/mol. The van der Waals surface area contributed by atoms with Gasteiger partial charge in [0.1, 0.15) is 5.82 Å². The molecule has 0 aliphatic heterocycles. The number of aromatic nitrogens is 4. The summed E-state index contributed by atoms with van der Waals surface area (Å²) in [5, 5.41) is 0. The molecule has 7 heteroatoms. The van der Waals surface area contributed by atoms with Crippen LogP contribution >= 0.6 is 0 Å².